The number of aromatic nitrogens is 1. The molecule has 0 N–H and O–H groups in total. The molecule has 17 heavy (non-hydrogen) atoms. The van der Waals surface area contributed by atoms with Crippen LogP contribution in [0.1, 0.15) is 18.4 Å². The van der Waals surface area contributed by atoms with Gasteiger partial charge in [0.15, 0.2) is 0 Å². The van der Waals surface area contributed by atoms with Crippen molar-refractivity contribution in [2.24, 2.45) is 0 Å². The van der Waals surface area contributed by atoms with E-state index < -0.39 is 5.97 Å². The van der Waals surface area contributed by atoms with Crippen molar-refractivity contribution in [3.05, 3.63) is 40.3 Å². The summed E-state index contributed by atoms with van der Waals surface area (Å²) in [5, 5.41) is 0. The third-order valence-electron chi connectivity index (χ3n) is 2.27. The monoisotopic (exact) mass is 297 g/mol. The van der Waals surface area contributed by atoms with E-state index in [9.17, 15) is 4.79 Å². The number of pyridine rings is 1. The molecule has 1 aromatic rings. The van der Waals surface area contributed by atoms with Crippen molar-refractivity contribution in [2.75, 3.05) is 6.61 Å². The van der Waals surface area contributed by atoms with Crippen LogP contribution in [0.4, 0.5) is 0 Å². The van der Waals surface area contributed by atoms with Gasteiger partial charge in [0.05, 0.1) is 6.61 Å². The number of allylic oxidation sites excluding steroid dienone is 1. The molecule has 0 radical (unpaired) electrons. The fourth-order valence-corrected chi connectivity index (χ4v) is 1.87. The van der Waals surface area contributed by atoms with Gasteiger partial charge < -0.3 is 9.47 Å². The van der Waals surface area contributed by atoms with Crippen molar-refractivity contribution >= 4 is 21.9 Å². The summed E-state index contributed by atoms with van der Waals surface area (Å²) in [7, 11) is 0. The molecule has 0 bridgehead atoms. The van der Waals surface area contributed by atoms with Gasteiger partial charge in [-0.25, -0.2) is 4.79 Å². The Morgan fingerprint density at radius 2 is 2.41 bits per heavy atom. The highest BCUT2D eigenvalue weighted by molar-refractivity contribution is 9.10. The topological polar surface area (TPSA) is 48.4 Å². The molecule has 4 nitrogen and oxygen atoms in total. The van der Waals surface area contributed by atoms with E-state index in [1.54, 1.807) is 18.5 Å². The summed E-state index contributed by atoms with van der Waals surface area (Å²) in [6.07, 6.45) is 6.92. The molecular weight excluding hydrogens is 286 g/mol. The molecule has 0 aromatic carbocycles. The molecule has 0 fully saturated rings. The standard InChI is InChI=1S/C12H12BrNO3/c13-10-5-9(6-14-7-10)8-17-12(15)11-3-1-2-4-16-11/h3,5-7H,1-2,4,8H2. The van der Waals surface area contributed by atoms with Crippen molar-refractivity contribution in [1.82, 2.24) is 4.98 Å². The van der Waals surface area contributed by atoms with Crippen LogP contribution in [0.25, 0.3) is 0 Å². The lowest BCUT2D eigenvalue weighted by molar-refractivity contribution is -0.144. The molecule has 5 heteroatoms. The zero-order chi connectivity index (χ0) is 12.1. The van der Waals surface area contributed by atoms with E-state index in [4.69, 9.17) is 9.47 Å². The molecule has 0 saturated carbocycles. The minimum atomic E-state index is -0.412. The van der Waals surface area contributed by atoms with E-state index >= 15 is 0 Å². The molecule has 0 amide bonds. The highest BCUT2D eigenvalue weighted by atomic mass is 79.9. The highest BCUT2D eigenvalue weighted by Gasteiger charge is 2.15. The second-order valence-electron chi connectivity index (χ2n) is 3.65. The van der Waals surface area contributed by atoms with Crippen LogP contribution in [0.2, 0.25) is 0 Å². The summed E-state index contributed by atoms with van der Waals surface area (Å²) >= 11 is 3.31. The second-order valence-corrected chi connectivity index (χ2v) is 4.56. The number of halogens is 1. The molecule has 2 heterocycles. The third-order valence-corrected chi connectivity index (χ3v) is 2.70. The maximum atomic E-state index is 11.6. The summed E-state index contributed by atoms with van der Waals surface area (Å²) in [5.74, 6) is -0.0936. The van der Waals surface area contributed by atoms with Gasteiger partial charge in [0.1, 0.15) is 6.61 Å². The van der Waals surface area contributed by atoms with Gasteiger partial charge in [-0.15, -0.1) is 0 Å². The first-order valence-corrected chi connectivity index (χ1v) is 6.14. The number of esters is 1. The van der Waals surface area contributed by atoms with Crippen LogP contribution in [0.5, 0.6) is 0 Å². The normalized spacial score (nSPS) is 14.8. The minimum absolute atomic E-state index is 0.200. The van der Waals surface area contributed by atoms with Crippen LogP contribution in [0, 0.1) is 0 Å². The fraction of sp³-hybridized carbons (Fsp3) is 0.333. The lowest BCUT2D eigenvalue weighted by atomic mass is 10.2. The molecule has 0 atom stereocenters. The number of ether oxygens (including phenoxy) is 2. The van der Waals surface area contributed by atoms with Gasteiger partial charge in [-0.1, -0.05) is 0 Å². The van der Waals surface area contributed by atoms with E-state index in [0.717, 1.165) is 22.9 Å². The van der Waals surface area contributed by atoms with Gasteiger partial charge in [-0.3, -0.25) is 4.98 Å². The van der Waals surface area contributed by atoms with Crippen molar-refractivity contribution in [2.45, 2.75) is 19.4 Å². The third kappa shape index (κ3) is 3.56. The number of rotatable bonds is 3. The predicted octanol–water partition coefficient (Wildman–Crippen LogP) is 2.58. The van der Waals surface area contributed by atoms with Crippen LogP contribution >= 0.6 is 15.9 Å². The maximum absolute atomic E-state index is 11.6. The Labute approximate surface area is 108 Å². The first-order valence-electron chi connectivity index (χ1n) is 5.35. The summed E-state index contributed by atoms with van der Waals surface area (Å²) < 4.78 is 11.2. The van der Waals surface area contributed by atoms with Crippen LogP contribution in [0.15, 0.2) is 34.8 Å². The van der Waals surface area contributed by atoms with Crippen LogP contribution < -0.4 is 0 Å². The molecule has 0 saturated heterocycles. The molecule has 2 rings (SSSR count). The number of carbonyl (C=O) groups is 1. The van der Waals surface area contributed by atoms with Crippen LogP contribution in [0.3, 0.4) is 0 Å². The molecular formula is C12H12BrNO3. The smallest absolute Gasteiger partial charge is 0.373 e. The molecule has 0 unspecified atom stereocenters. The van der Waals surface area contributed by atoms with Crippen molar-refractivity contribution in [3.63, 3.8) is 0 Å². The summed E-state index contributed by atoms with van der Waals surface area (Å²) in [6, 6.07) is 1.86. The molecule has 1 aliphatic heterocycles. The van der Waals surface area contributed by atoms with Gasteiger partial charge in [-0.2, -0.15) is 0 Å². The van der Waals surface area contributed by atoms with Crippen molar-refractivity contribution in [1.29, 1.82) is 0 Å². The lowest BCUT2D eigenvalue weighted by Gasteiger charge is -2.13. The van der Waals surface area contributed by atoms with E-state index in [1.165, 1.54) is 0 Å². The molecule has 0 spiro atoms. The Hall–Kier alpha value is -1.36. The van der Waals surface area contributed by atoms with Gasteiger partial charge in [0.25, 0.3) is 0 Å². The zero-order valence-corrected chi connectivity index (χ0v) is 10.8. The first kappa shape index (κ1) is 12.1. The van der Waals surface area contributed by atoms with Crippen LogP contribution in [-0.4, -0.2) is 17.6 Å². The summed E-state index contributed by atoms with van der Waals surface area (Å²) in [5.41, 5.74) is 0.837. The largest absolute Gasteiger partial charge is 0.487 e. The number of hydrogen-bond acceptors (Lipinski definition) is 4. The Balaban J connectivity index is 1.89. The van der Waals surface area contributed by atoms with Gasteiger partial charge in [0.2, 0.25) is 5.76 Å². The minimum Gasteiger partial charge on any atom is -0.487 e. The Kier molecular flexibility index (Phi) is 4.14. The van der Waals surface area contributed by atoms with Gasteiger partial charge in [-0.05, 0) is 40.9 Å². The first-order chi connectivity index (χ1) is 8.25. The fourth-order valence-electron chi connectivity index (χ4n) is 1.45. The lowest BCUT2D eigenvalue weighted by Crippen LogP contribution is -2.14. The predicted molar refractivity (Wildman–Crippen MR) is 65.0 cm³/mol. The quantitative estimate of drug-likeness (QED) is 0.805. The van der Waals surface area contributed by atoms with E-state index in [1.807, 2.05) is 6.07 Å². The molecule has 90 valence electrons. The van der Waals surface area contributed by atoms with E-state index in [2.05, 4.69) is 20.9 Å². The molecule has 1 aliphatic rings. The average molecular weight is 298 g/mol. The SMILES string of the molecule is O=C(OCc1cncc(Br)c1)C1=CCCCO1. The number of carbonyl (C=O) groups excluding carboxylic acids is 1. The highest BCUT2D eigenvalue weighted by Crippen LogP contribution is 2.14. The van der Waals surface area contributed by atoms with E-state index in [-0.39, 0.29) is 6.61 Å². The van der Waals surface area contributed by atoms with Crippen molar-refractivity contribution in [3.8, 4) is 0 Å². The number of hydrogen-bond donors (Lipinski definition) is 0. The van der Waals surface area contributed by atoms with Crippen LogP contribution in [-0.2, 0) is 20.9 Å². The van der Waals surface area contributed by atoms with E-state index in [0.29, 0.717) is 12.4 Å². The molecule has 1 aromatic heterocycles. The average Bonchev–Trinajstić information content (AvgIpc) is 2.37. The second kappa shape index (κ2) is 5.82. The Bertz CT molecular complexity index is 445. The van der Waals surface area contributed by atoms with Crippen molar-refractivity contribution < 1.29 is 14.3 Å². The number of nitrogens with zero attached hydrogens (tertiary/aromatic N) is 1. The maximum Gasteiger partial charge on any atom is 0.373 e. The zero-order valence-electron chi connectivity index (χ0n) is 9.19. The Morgan fingerprint density at radius 1 is 1.53 bits per heavy atom. The molecule has 0 aliphatic carbocycles. The van der Waals surface area contributed by atoms with Gasteiger partial charge >= 0.3 is 5.97 Å². The van der Waals surface area contributed by atoms with Gasteiger partial charge in [0, 0.05) is 22.4 Å². The summed E-state index contributed by atoms with van der Waals surface area (Å²) in [6.45, 7) is 0.783. The summed E-state index contributed by atoms with van der Waals surface area (Å²) in [4.78, 5) is 15.6. The Morgan fingerprint density at radius 3 is 3.12 bits per heavy atom.